The summed E-state index contributed by atoms with van der Waals surface area (Å²) in [6.45, 7) is 12.2. The Kier molecular flexibility index (Phi) is 3.32. The molecule has 1 heterocycles. The third-order valence-corrected chi connectivity index (χ3v) is 2.20. The number of thiophene rings is 1. The van der Waals surface area contributed by atoms with Crippen LogP contribution in [0.1, 0.15) is 20.8 Å². The van der Waals surface area contributed by atoms with Gasteiger partial charge in [-0.25, -0.2) is 9.64 Å². The summed E-state index contributed by atoms with van der Waals surface area (Å²) in [5, 5.41) is 4.82. The zero-order valence-corrected chi connectivity index (χ0v) is 9.64. The van der Waals surface area contributed by atoms with Crippen LogP contribution in [0.4, 0.5) is 15.5 Å². The molecule has 80 valence electrons. The van der Waals surface area contributed by atoms with Crippen molar-refractivity contribution in [3.8, 4) is 0 Å². The van der Waals surface area contributed by atoms with Crippen molar-refractivity contribution in [3.63, 3.8) is 0 Å². The highest BCUT2D eigenvalue weighted by molar-refractivity contribution is 7.15. The Bertz CT molecular complexity index is 398. The van der Waals surface area contributed by atoms with Gasteiger partial charge in [0.1, 0.15) is 10.6 Å². The van der Waals surface area contributed by atoms with E-state index in [9.17, 15) is 4.79 Å². The molecule has 1 rings (SSSR count). The quantitative estimate of drug-likeness (QED) is 0.740. The second-order valence-electron chi connectivity index (χ2n) is 3.87. The molecule has 0 aromatic carbocycles. The molecule has 0 atom stereocenters. The van der Waals surface area contributed by atoms with Crippen molar-refractivity contribution in [1.29, 1.82) is 0 Å². The highest BCUT2D eigenvalue weighted by atomic mass is 32.1. The van der Waals surface area contributed by atoms with E-state index >= 15 is 0 Å². The summed E-state index contributed by atoms with van der Waals surface area (Å²) in [7, 11) is 0. The maximum Gasteiger partial charge on any atom is 0.411 e. The van der Waals surface area contributed by atoms with Crippen molar-refractivity contribution >= 4 is 28.1 Å². The number of carbonyl (C=O) groups excluding carboxylic acids is 1. The fourth-order valence-corrected chi connectivity index (χ4v) is 1.59. The van der Waals surface area contributed by atoms with Gasteiger partial charge < -0.3 is 4.74 Å². The number of amides is 1. The number of carbonyl (C=O) groups is 1. The maximum atomic E-state index is 11.4. The Hall–Kier alpha value is -1.54. The number of ether oxygens (including phenoxy) is 1. The van der Waals surface area contributed by atoms with E-state index < -0.39 is 11.7 Å². The SMILES string of the molecule is [C-]#[N+]c1ccsc1NC(=O)OC(C)(C)C. The van der Waals surface area contributed by atoms with Crippen LogP contribution in [0.5, 0.6) is 0 Å². The number of rotatable bonds is 1. The van der Waals surface area contributed by atoms with Gasteiger partial charge in [0.15, 0.2) is 0 Å². The summed E-state index contributed by atoms with van der Waals surface area (Å²) in [5.41, 5.74) is -0.0922. The van der Waals surface area contributed by atoms with E-state index in [1.54, 1.807) is 32.2 Å². The number of nitrogens with one attached hydrogen (secondary N) is 1. The lowest BCUT2D eigenvalue weighted by Gasteiger charge is -2.19. The Labute approximate surface area is 92.7 Å². The van der Waals surface area contributed by atoms with Gasteiger partial charge in [0.25, 0.3) is 0 Å². The van der Waals surface area contributed by atoms with Gasteiger partial charge in [0, 0.05) is 0 Å². The lowest BCUT2D eigenvalue weighted by molar-refractivity contribution is 0.0636. The van der Waals surface area contributed by atoms with E-state index in [1.165, 1.54) is 11.3 Å². The minimum Gasteiger partial charge on any atom is -0.444 e. The predicted molar refractivity (Wildman–Crippen MR) is 60.4 cm³/mol. The van der Waals surface area contributed by atoms with Gasteiger partial charge in [-0.15, -0.1) is 11.3 Å². The largest absolute Gasteiger partial charge is 0.444 e. The molecule has 0 aliphatic heterocycles. The number of nitrogens with zero attached hydrogens (tertiary/aromatic N) is 1. The summed E-state index contributed by atoms with van der Waals surface area (Å²) in [5.74, 6) is 0. The third kappa shape index (κ3) is 3.60. The monoisotopic (exact) mass is 224 g/mol. The molecule has 1 aromatic heterocycles. The fraction of sp³-hybridized carbons (Fsp3) is 0.400. The average molecular weight is 224 g/mol. The van der Waals surface area contributed by atoms with E-state index in [4.69, 9.17) is 11.3 Å². The lowest BCUT2D eigenvalue weighted by atomic mass is 10.2. The minimum atomic E-state index is -0.533. The van der Waals surface area contributed by atoms with Crippen LogP contribution >= 0.6 is 11.3 Å². The summed E-state index contributed by atoms with van der Waals surface area (Å²) in [6, 6.07) is 1.66. The van der Waals surface area contributed by atoms with Crippen LogP contribution in [0.2, 0.25) is 0 Å². The molecule has 0 aliphatic rings. The van der Waals surface area contributed by atoms with Gasteiger partial charge >= 0.3 is 6.09 Å². The van der Waals surface area contributed by atoms with Gasteiger partial charge in [-0.1, -0.05) is 0 Å². The molecule has 0 spiro atoms. The Balaban J connectivity index is 2.64. The molecule has 0 aliphatic carbocycles. The summed E-state index contributed by atoms with van der Waals surface area (Å²) >= 11 is 1.30. The fourth-order valence-electron chi connectivity index (χ4n) is 0.880. The lowest BCUT2D eigenvalue weighted by Crippen LogP contribution is -2.26. The molecule has 0 unspecified atom stereocenters. The molecular formula is C10H12N2O2S. The maximum absolute atomic E-state index is 11.4. The molecule has 0 fully saturated rings. The Morgan fingerprint density at radius 3 is 2.80 bits per heavy atom. The van der Waals surface area contributed by atoms with Gasteiger partial charge in [0.2, 0.25) is 5.69 Å². The molecule has 1 aromatic rings. The second kappa shape index (κ2) is 4.32. The van der Waals surface area contributed by atoms with Gasteiger partial charge in [-0.2, -0.15) is 0 Å². The molecule has 1 amide bonds. The smallest absolute Gasteiger partial charge is 0.411 e. The Morgan fingerprint density at radius 1 is 1.60 bits per heavy atom. The van der Waals surface area contributed by atoms with E-state index in [-0.39, 0.29) is 0 Å². The highest BCUT2D eigenvalue weighted by Gasteiger charge is 2.17. The second-order valence-corrected chi connectivity index (χ2v) is 4.79. The first-order chi connectivity index (χ1) is 6.92. The van der Waals surface area contributed by atoms with Crippen molar-refractivity contribution in [2.75, 3.05) is 5.32 Å². The molecule has 4 nitrogen and oxygen atoms in total. The zero-order valence-electron chi connectivity index (χ0n) is 8.83. The van der Waals surface area contributed by atoms with Crippen LogP contribution < -0.4 is 5.32 Å². The summed E-state index contributed by atoms with van der Waals surface area (Å²) in [6.07, 6.45) is -0.533. The Morgan fingerprint density at radius 2 is 2.27 bits per heavy atom. The average Bonchev–Trinajstić information content (AvgIpc) is 2.48. The van der Waals surface area contributed by atoms with E-state index in [0.29, 0.717) is 10.7 Å². The number of hydrogen-bond acceptors (Lipinski definition) is 3. The van der Waals surface area contributed by atoms with Crippen molar-refractivity contribution < 1.29 is 9.53 Å². The van der Waals surface area contributed by atoms with Crippen molar-refractivity contribution in [2.24, 2.45) is 0 Å². The molecule has 5 heteroatoms. The van der Waals surface area contributed by atoms with Crippen LogP contribution in [-0.2, 0) is 4.74 Å². The van der Waals surface area contributed by atoms with Crippen molar-refractivity contribution in [2.45, 2.75) is 26.4 Å². The van der Waals surface area contributed by atoms with Crippen molar-refractivity contribution in [1.82, 2.24) is 0 Å². The minimum absolute atomic E-state index is 0.436. The predicted octanol–water partition coefficient (Wildman–Crippen LogP) is 3.65. The number of anilines is 1. The first kappa shape index (κ1) is 11.5. The topological polar surface area (TPSA) is 42.7 Å². The summed E-state index contributed by atoms with van der Waals surface area (Å²) < 4.78 is 5.06. The van der Waals surface area contributed by atoms with Crippen LogP contribution in [0.25, 0.3) is 4.85 Å². The third-order valence-electron chi connectivity index (χ3n) is 1.38. The normalized spacial score (nSPS) is 10.5. The molecule has 0 radical (unpaired) electrons. The van der Waals surface area contributed by atoms with Crippen LogP contribution in [0.3, 0.4) is 0 Å². The van der Waals surface area contributed by atoms with Gasteiger partial charge in [0.05, 0.1) is 6.57 Å². The highest BCUT2D eigenvalue weighted by Crippen LogP contribution is 2.31. The molecule has 0 saturated heterocycles. The first-order valence-electron chi connectivity index (χ1n) is 4.37. The summed E-state index contributed by atoms with van der Waals surface area (Å²) in [4.78, 5) is 14.6. The number of hydrogen-bond donors (Lipinski definition) is 1. The molecule has 15 heavy (non-hydrogen) atoms. The standard InChI is InChI=1S/C10H12N2O2S/c1-10(2,3)14-9(13)12-8-7(11-4)5-6-15-8/h5-6H,1-3H3,(H,12,13). The van der Waals surface area contributed by atoms with Gasteiger partial charge in [-0.3, -0.25) is 5.32 Å². The van der Waals surface area contributed by atoms with Crippen LogP contribution in [0, 0.1) is 6.57 Å². The van der Waals surface area contributed by atoms with Crippen LogP contribution in [0.15, 0.2) is 11.4 Å². The zero-order chi connectivity index (χ0) is 11.5. The van der Waals surface area contributed by atoms with E-state index in [1.807, 2.05) is 0 Å². The molecular weight excluding hydrogens is 212 g/mol. The van der Waals surface area contributed by atoms with Crippen LogP contribution in [-0.4, -0.2) is 11.7 Å². The molecule has 0 saturated carbocycles. The van der Waals surface area contributed by atoms with E-state index in [0.717, 1.165) is 0 Å². The van der Waals surface area contributed by atoms with E-state index in [2.05, 4.69) is 10.2 Å². The van der Waals surface area contributed by atoms with Gasteiger partial charge in [-0.05, 0) is 32.2 Å². The molecule has 0 bridgehead atoms. The first-order valence-corrected chi connectivity index (χ1v) is 5.25. The van der Waals surface area contributed by atoms with Crippen molar-refractivity contribution in [3.05, 3.63) is 22.9 Å². The molecule has 1 N–H and O–H groups in total.